The summed E-state index contributed by atoms with van der Waals surface area (Å²) in [7, 11) is 1.43. The number of anilines is 1. The van der Waals surface area contributed by atoms with E-state index in [1.165, 1.54) is 12.0 Å². The van der Waals surface area contributed by atoms with Gasteiger partial charge in [0.25, 0.3) is 5.69 Å². The van der Waals surface area contributed by atoms with Gasteiger partial charge in [0.2, 0.25) is 5.91 Å². The minimum atomic E-state index is -4.66. The Morgan fingerprint density at radius 1 is 1.33 bits per heavy atom. The zero-order chi connectivity index (χ0) is 19.5. The van der Waals surface area contributed by atoms with Gasteiger partial charge < -0.3 is 20.3 Å². The molecule has 1 aliphatic rings. The topological polar surface area (TPSA) is 102 Å². The number of carbonyl (C=O) groups excluding carboxylic acids is 1. The number of nitrogens with two attached hydrogens (primary N) is 1. The van der Waals surface area contributed by atoms with Gasteiger partial charge in [-0.15, -0.1) is 12.4 Å². The summed E-state index contributed by atoms with van der Waals surface area (Å²) in [6, 6.07) is 1.64. The molecule has 1 heterocycles. The van der Waals surface area contributed by atoms with E-state index >= 15 is 0 Å². The maximum Gasteiger partial charge on any atom is 0.416 e. The van der Waals surface area contributed by atoms with E-state index in [0.717, 1.165) is 12.1 Å². The van der Waals surface area contributed by atoms with E-state index < -0.39 is 28.4 Å². The number of hydrogen-bond acceptors (Lipinski definition) is 6. The molecule has 0 aliphatic carbocycles. The molecule has 0 aromatic heterocycles. The molecule has 1 amide bonds. The molecule has 1 aromatic carbocycles. The second kappa shape index (κ2) is 9.20. The number of nitro groups is 1. The highest BCUT2D eigenvalue weighted by molar-refractivity contribution is 5.85. The summed E-state index contributed by atoms with van der Waals surface area (Å²) in [5, 5.41) is 11.2. The highest BCUT2D eigenvalue weighted by Gasteiger charge is 2.34. The van der Waals surface area contributed by atoms with Gasteiger partial charge in [-0.25, -0.2) is 0 Å². The molecule has 1 atom stereocenters. The third-order valence-electron chi connectivity index (χ3n) is 4.09. The lowest BCUT2D eigenvalue weighted by atomic mass is 10.1. The lowest BCUT2D eigenvalue weighted by molar-refractivity contribution is -0.384. The number of hydrogen-bond donors (Lipinski definition) is 1. The molecule has 1 saturated heterocycles. The van der Waals surface area contributed by atoms with E-state index in [9.17, 15) is 28.1 Å². The van der Waals surface area contributed by atoms with Gasteiger partial charge in [-0.2, -0.15) is 13.2 Å². The normalized spacial score (nSPS) is 15.9. The van der Waals surface area contributed by atoms with Crippen molar-refractivity contribution in [2.24, 2.45) is 5.73 Å². The number of carbonyl (C=O) groups is 1. The Morgan fingerprint density at radius 3 is 2.41 bits per heavy atom. The average Bonchev–Trinajstić information content (AvgIpc) is 2.60. The number of rotatable bonds is 5. The molecule has 12 heteroatoms. The van der Waals surface area contributed by atoms with Crippen LogP contribution >= 0.6 is 12.4 Å². The van der Waals surface area contributed by atoms with E-state index in [1.807, 2.05) is 0 Å². The number of alkyl halides is 3. The predicted octanol–water partition coefficient (Wildman–Crippen LogP) is 1.66. The molecule has 27 heavy (non-hydrogen) atoms. The Balaban J connectivity index is 0.00000364. The fraction of sp³-hybridized carbons (Fsp3) is 0.533. The monoisotopic (exact) mass is 412 g/mol. The van der Waals surface area contributed by atoms with E-state index in [4.69, 9.17) is 10.5 Å². The molecule has 1 fully saturated rings. The summed E-state index contributed by atoms with van der Waals surface area (Å²) in [5.74, 6) is -0.298. The molecule has 2 rings (SSSR count). The van der Waals surface area contributed by atoms with Crippen LogP contribution in [0.4, 0.5) is 24.5 Å². The summed E-state index contributed by atoms with van der Waals surface area (Å²) in [6.45, 7) is 1.08. The lowest BCUT2D eigenvalue weighted by Crippen LogP contribution is -2.54. The number of nitrogens with zero attached hydrogens (tertiary/aromatic N) is 3. The molecule has 2 N–H and O–H groups in total. The fourth-order valence-corrected chi connectivity index (χ4v) is 2.77. The van der Waals surface area contributed by atoms with Crippen molar-refractivity contribution in [1.29, 1.82) is 0 Å². The van der Waals surface area contributed by atoms with Crippen LogP contribution in [0.25, 0.3) is 0 Å². The summed E-state index contributed by atoms with van der Waals surface area (Å²) in [4.78, 5) is 25.6. The first-order chi connectivity index (χ1) is 12.1. The van der Waals surface area contributed by atoms with Crippen LogP contribution in [0, 0.1) is 10.1 Å². The van der Waals surface area contributed by atoms with Crippen LogP contribution in [0.15, 0.2) is 18.2 Å². The quantitative estimate of drug-likeness (QED) is 0.583. The van der Waals surface area contributed by atoms with Gasteiger partial charge in [0.15, 0.2) is 0 Å². The minimum Gasteiger partial charge on any atom is -0.383 e. The van der Waals surface area contributed by atoms with Gasteiger partial charge in [-0.1, -0.05) is 0 Å². The first-order valence-electron chi connectivity index (χ1n) is 7.79. The second-order valence-electron chi connectivity index (χ2n) is 5.83. The Kier molecular flexibility index (Phi) is 7.81. The molecule has 0 bridgehead atoms. The summed E-state index contributed by atoms with van der Waals surface area (Å²) < 4.78 is 43.2. The van der Waals surface area contributed by atoms with Crippen LogP contribution in [0.5, 0.6) is 0 Å². The highest BCUT2D eigenvalue weighted by atomic mass is 35.5. The standard InChI is InChI=1S/C15H19F3N4O4.ClH/c1-26-9-11(19)14(23)21-6-4-20(5-7-21)12-3-2-10(15(16,17)18)8-13(12)22(24)25;/h2-3,8,11H,4-7,9,19H2,1H3;1H. The zero-order valence-electron chi connectivity index (χ0n) is 14.4. The van der Waals surface area contributed by atoms with Crippen molar-refractivity contribution in [2.45, 2.75) is 12.2 Å². The lowest BCUT2D eigenvalue weighted by Gasteiger charge is -2.36. The maximum absolute atomic E-state index is 12.8. The second-order valence-corrected chi connectivity index (χ2v) is 5.83. The smallest absolute Gasteiger partial charge is 0.383 e. The molecule has 1 aliphatic heterocycles. The van der Waals surface area contributed by atoms with Gasteiger partial charge in [-0.3, -0.25) is 14.9 Å². The number of nitro benzene ring substituents is 1. The molecular formula is C15H20ClF3N4O4. The van der Waals surface area contributed by atoms with Gasteiger partial charge >= 0.3 is 6.18 Å². The fourth-order valence-electron chi connectivity index (χ4n) is 2.77. The Morgan fingerprint density at radius 2 is 1.93 bits per heavy atom. The third kappa shape index (κ3) is 5.44. The molecule has 8 nitrogen and oxygen atoms in total. The molecule has 0 radical (unpaired) electrons. The summed E-state index contributed by atoms with van der Waals surface area (Å²) >= 11 is 0. The molecule has 1 unspecified atom stereocenters. The van der Waals surface area contributed by atoms with E-state index in [1.54, 1.807) is 4.90 Å². The molecule has 0 spiro atoms. The van der Waals surface area contributed by atoms with Crippen molar-refractivity contribution in [3.05, 3.63) is 33.9 Å². The summed E-state index contributed by atoms with van der Waals surface area (Å²) in [6.07, 6.45) is -4.66. The van der Waals surface area contributed by atoms with Crippen molar-refractivity contribution in [3.63, 3.8) is 0 Å². The largest absolute Gasteiger partial charge is 0.416 e. The van der Waals surface area contributed by atoms with Gasteiger partial charge in [0.05, 0.1) is 17.1 Å². The van der Waals surface area contributed by atoms with Crippen LogP contribution in [-0.4, -0.2) is 61.7 Å². The number of piperazine rings is 1. The zero-order valence-corrected chi connectivity index (χ0v) is 15.3. The predicted molar refractivity (Wildman–Crippen MR) is 94.0 cm³/mol. The molecule has 0 saturated carbocycles. The third-order valence-corrected chi connectivity index (χ3v) is 4.09. The van der Waals surface area contributed by atoms with Gasteiger partial charge in [0, 0.05) is 39.4 Å². The Bertz CT molecular complexity index is 682. The van der Waals surface area contributed by atoms with Crippen LogP contribution in [0.1, 0.15) is 5.56 Å². The number of halogens is 4. The van der Waals surface area contributed by atoms with Crippen molar-refractivity contribution in [3.8, 4) is 0 Å². The van der Waals surface area contributed by atoms with E-state index in [2.05, 4.69) is 0 Å². The number of ether oxygens (including phenoxy) is 1. The SMILES string of the molecule is COCC(N)C(=O)N1CCN(c2ccc(C(F)(F)F)cc2[N+](=O)[O-])CC1.Cl. The Labute approximate surface area is 159 Å². The van der Waals surface area contributed by atoms with Gasteiger partial charge in [-0.05, 0) is 12.1 Å². The number of amides is 1. The van der Waals surface area contributed by atoms with Crippen LogP contribution in [-0.2, 0) is 15.7 Å². The first kappa shape index (κ1) is 22.9. The summed E-state index contributed by atoms with van der Waals surface area (Å²) in [5.41, 5.74) is 4.10. The van der Waals surface area contributed by atoms with E-state index in [0.29, 0.717) is 6.07 Å². The van der Waals surface area contributed by atoms with Crippen molar-refractivity contribution in [2.75, 3.05) is 44.8 Å². The van der Waals surface area contributed by atoms with E-state index in [-0.39, 0.29) is 56.8 Å². The van der Waals surface area contributed by atoms with Gasteiger partial charge in [0.1, 0.15) is 11.7 Å². The Hall–Kier alpha value is -2.11. The molecule has 1 aromatic rings. The van der Waals surface area contributed by atoms with Crippen LogP contribution in [0.2, 0.25) is 0 Å². The highest BCUT2D eigenvalue weighted by Crippen LogP contribution is 2.36. The average molecular weight is 413 g/mol. The van der Waals surface area contributed by atoms with Crippen LogP contribution in [0.3, 0.4) is 0 Å². The van der Waals surface area contributed by atoms with Crippen molar-refractivity contribution < 1.29 is 27.6 Å². The molecular weight excluding hydrogens is 393 g/mol. The van der Waals surface area contributed by atoms with Crippen molar-refractivity contribution >= 4 is 29.7 Å². The maximum atomic E-state index is 12.8. The number of methoxy groups -OCH3 is 1. The van der Waals surface area contributed by atoms with Crippen molar-refractivity contribution in [1.82, 2.24) is 4.90 Å². The number of benzene rings is 1. The molecule has 152 valence electrons. The van der Waals surface area contributed by atoms with Crippen LogP contribution < -0.4 is 10.6 Å². The first-order valence-corrected chi connectivity index (χ1v) is 7.79. The minimum absolute atomic E-state index is 0.